The van der Waals surface area contributed by atoms with E-state index in [4.69, 9.17) is 16.3 Å². The molecule has 174 valence electrons. The summed E-state index contributed by atoms with van der Waals surface area (Å²) in [6, 6.07) is 29.4. The van der Waals surface area contributed by atoms with E-state index in [1.54, 1.807) is 25.3 Å². The summed E-state index contributed by atoms with van der Waals surface area (Å²) in [5.41, 5.74) is 6.27. The van der Waals surface area contributed by atoms with Gasteiger partial charge < -0.3 is 14.4 Å². The van der Waals surface area contributed by atoms with Crippen molar-refractivity contribution in [3.8, 4) is 28.0 Å². The summed E-state index contributed by atoms with van der Waals surface area (Å²) in [5, 5.41) is 11.9. The minimum Gasteiger partial charge on any atom is -0.508 e. The van der Waals surface area contributed by atoms with Crippen molar-refractivity contribution in [3.05, 3.63) is 113 Å². The zero-order chi connectivity index (χ0) is 24.4. The van der Waals surface area contributed by atoms with E-state index >= 15 is 0 Å². The number of esters is 1. The molecule has 5 aromatic rings. The Balaban J connectivity index is 1.67. The molecule has 0 aliphatic heterocycles. The fourth-order valence-corrected chi connectivity index (χ4v) is 4.66. The lowest BCUT2D eigenvalue weighted by Crippen LogP contribution is -2.04. The van der Waals surface area contributed by atoms with Gasteiger partial charge >= 0.3 is 5.97 Å². The highest BCUT2D eigenvalue weighted by Crippen LogP contribution is 2.37. The van der Waals surface area contributed by atoms with E-state index in [-0.39, 0.29) is 12.4 Å². The average Bonchev–Trinajstić information content (AvgIpc) is 3.22. The minimum atomic E-state index is -0.418. The van der Waals surface area contributed by atoms with Crippen LogP contribution in [0.5, 0.6) is 5.75 Å². The van der Waals surface area contributed by atoms with Crippen LogP contribution in [0.4, 0.5) is 0 Å². The van der Waals surface area contributed by atoms with Crippen molar-refractivity contribution in [2.24, 2.45) is 0 Å². The highest BCUT2D eigenvalue weighted by Gasteiger charge is 2.21. The highest BCUT2D eigenvalue weighted by atomic mass is 35.5. The molecule has 0 unspecified atom stereocenters. The Labute approximate surface area is 209 Å². The molecule has 1 N–H and O–H groups in total. The van der Waals surface area contributed by atoms with E-state index in [0.717, 1.165) is 33.3 Å². The Morgan fingerprint density at radius 3 is 2.31 bits per heavy atom. The predicted molar refractivity (Wildman–Crippen MR) is 141 cm³/mol. The molecule has 0 atom stereocenters. The van der Waals surface area contributed by atoms with Crippen molar-refractivity contribution in [2.75, 3.05) is 6.61 Å². The third-order valence-electron chi connectivity index (χ3n) is 6.00. The van der Waals surface area contributed by atoms with Gasteiger partial charge in [-0.1, -0.05) is 78.3 Å². The summed E-state index contributed by atoms with van der Waals surface area (Å²) in [7, 11) is 0. The Bertz CT molecular complexity index is 1500. The molecule has 4 aromatic carbocycles. The molecular formula is C30H24ClNO3. The molecule has 0 amide bonds. The van der Waals surface area contributed by atoms with Crippen LogP contribution in [0.15, 0.2) is 97.2 Å². The van der Waals surface area contributed by atoms with Gasteiger partial charge in [-0.2, -0.15) is 0 Å². The van der Waals surface area contributed by atoms with Crippen molar-refractivity contribution in [2.45, 2.75) is 13.5 Å². The SMILES string of the molecule is CCOC(=O)c1cn(Cc2cccc(Cl)c2)c2c(-c3ccc(-c4ccccc4)cc3)cc(O)cc12. The lowest BCUT2D eigenvalue weighted by molar-refractivity contribution is 0.0528. The number of hydrogen-bond acceptors (Lipinski definition) is 3. The van der Waals surface area contributed by atoms with Crippen LogP contribution in [0.2, 0.25) is 5.02 Å². The van der Waals surface area contributed by atoms with Gasteiger partial charge in [-0.05, 0) is 53.4 Å². The lowest BCUT2D eigenvalue weighted by Gasteiger charge is -2.12. The fourth-order valence-electron chi connectivity index (χ4n) is 4.45. The monoisotopic (exact) mass is 481 g/mol. The van der Waals surface area contributed by atoms with Gasteiger partial charge in [0.1, 0.15) is 5.75 Å². The molecule has 4 nitrogen and oxygen atoms in total. The van der Waals surface area contributed by atoms with Crippen LogP contribution in [0.1, 0.15) is 22.8 Å². The Morgan fingerprint density at radius 1 is 0.886 bits per heavy atom. The van der Waals surface area contributed by atoms with Crippen LogP contribution in [0, 0.1) is 0 Å². The van der Waals surface area contributed by atoms with Gasteiger partial charge in [0, 0.05) is 28.7 Å². The number of phenolic OH excluding ortho intramolecular Hbond substituents is 1. The number of nitrogens with zero attached hydrogens (tertiary/aromatic N) is 1. The first-order chi connectivity index (χ1) is 17.0. The van der Waals surface area contributed by atoms with Crippen LogP contribution in [-0.4, -0.2) is 22.2 Å². The predicted octanol–water partition coefficient (Wildman–Crippen LogP) is 7.56. The maximum Gasteiger partial charge on any atom is 0.340 e. The molecule has 0 bridgehead atoms. The second-order valence-electron chi connectivity index (χ2n) is 8.35. The van der Waals surface area contributed by atoms with E-state index in [9.17, 15) is 9.90 Å². The Hall–Kier alpha value is -4.02. The molecule has 0 spiro atoms. The number of carbonyl (C=O) groups excluding carboxylic acids is 1. The van der Waals surface area contributed by atoms with Gasteiger partial charge in [-0.25, -0.2) is 4.79 Å². The largest absolute Gasteiger partial charge is 0.508 e. The van der Waals surface area contributed by atoms with Crippen LogP contribution < -0.4 is 0 Å². The van der Waals surface area contributed by atoms with E-state index in [1.807, 2.05) is 59.2 Å². The molecule has 1 heterocycles. The number of halogens is 1. The van der Waals surface area contributed by atoms with Crippen LogP contribution in [-0.2, 0) is 11.3 Å². The quantitative estimate of drug-likeness (QED) is 0.254. The third kappa shape index (κ3) is 4.66. The van der Waals surface area contributed by atoms with Crippen molar-refractivity contribution >= 4 is 28.5 Å². The number of benzene rings is 4. The smallest absolute Gasteiger partial charge is 0.340 e. The molecule has 0 aliphatic carbocycles. The maximum atomic E-state index is 12.8. The number of fused-ring (bicyclic) bond motifs is 1. The van der Waals surface area contributed by atoms with Gasteiger partial charge in [0.05, 0.1) is 17.7 Å². The van der Waals surface area contributed by atoms with Crippen molar-refractivity contribution in [3.63, 3.8) is 0 Å². The standard InChI is InChI=1S/C30H24ClNO3/c1-2-35-30(34)28-19-32(18-20-7-6-10-24(31)15-20)29-26(16-25(33)17-27(28)29)23-13-11-22(12-14-23)21-8-4-3-5-9-21/h3-17,19,33H,2,18H2,1H3. The third-order valence-corrected chi connectivity index (χ3v) is 6.23. The lowest BCUT2D eigenvalue weighted by atomic mass is 9.98. The molecule has 5 heteroatoms. The number of phenols is 1. The molecule has 0 fully saturated rings. The van der Waals surface area contributed by atoms with Gasteiger partial charge in [0.2, 0.25) is 0 Å². The zero-order valence-corrected chi connectivity index (χ0v) is 20.0. The number of aromatic hydroxyl groups is 1. The summed E-state index contributed by atoms with van der Waals surface area (Å²) in [4.78, 5) is 12.8. The number of rotatable bonds is 6. The minimum absolute atomic E-state index is 0.0886. The molecule has 0 aliphatic rings. The Morgan fingerprint density at radius 2 is 1.60 bits per heavy atom. The van der Waals surface area contributed by atoms with Crippen LogP contribution >= 0.6 is 11.6 Å². The summed E-state index contributed by atoms with van der Waals surface area (Å²) in [5.74, 6) is -0.330. The van der Waals surface area contributed by atoms with Crippen LogP contribution in [0.25, 0.3) is 33.2 Å². The van der Waals surface area contributed by atoms with Gasteiger partial charge in [0.15, 0.2) is 0 Å². The topological polar surface area (TPSA) is 51.5 Å². The summed E-state index contributed by atoms with van der Waals surface area (Å²) in [6.07, 6.45) is 1.80. The highest BCUT2D eigenvalue weighted by molar-refractivity contribution is 6.30. The molecule has 0 saturated heterocycles. The maximum absolute atomic E-state index is 12.8. The number of hydrogen-bond donors (Lipinski definition) is 1. The Kier molecular flexibility index (Phi) is 6.30. The second-order valence-corrected chi connectivity index (χ2v) is 8.79. The molecule has 0 saturated carbocycles. The normalized spacial score (nSPS) is 11.0. The molecule has 35 heavy (non-hydrogen) atoms. The first-order valence-corrected chi connectivity index (χ1v) is 11.8. The van der Waals surface area contributed by atoms with E-state index < -0.39 is 5.97 Å². The van der Waals surface area contributed by atoms with Crippen molar-refractivity contribution < 1.29 is 14.6 Å². The summed E-state index contributed by atoms with van der Waals surface area (Å²) in [6.45, 7) is 2.56. The van der Waals surface area contributed by atoms with E-state index in [0.29, 0.717) is 22.5 Å². The van der Waals surface area contributed by atoms with E-state index in [2.05, 4.69) is 24.3 Å². The van der Waals surface area contributed by atoms with E-state index in [1.165, 1.54) is 0 Å². The fraction of sp³-hybridized carbons (Fsp3) is 0.100. The average molecular weight is 482 g/mol. The molecule has 0 radical (unpaired) electrons. The first-order valence-electron chi connectivity index (χ1n) is 11.5. The van der Waals surface area contributed by atoms with Crippen LogP contribution in [0.3, 0.4) is 0 Å². The number of aromatic nitrogens is 1. The van der Waals surface area contributed by atoms with Gasteiger partial charge in [0.25, 0.3) is 0 Å². The number of ether oxygens (including phenoxy) is 1. The van der Waals surface area contributed by atoms with Crippen molar-refractivity contribution in [1.82, 2.24) is 4.57 Å². The van der Waals surface area contributed by atoms with Gasteiger partial charge in [-0.15, -0.1) is 0 Å². The molecule has 1 aromatic heterocycles. The zero-order valence-electron chi connectivity index (χ0n) is 19.2. The molecular weight excluding hydrogens is 458 g/mol. The number of carbonyl (C=O) groups is 1. The summed E-state index contributed by atoms with van der Waals surface area (Å²) < 4.78 is 7.33. The second kappa shape index (κ2) is 9.69. The first kappa shape index (κ1) is 22.8. The molecule has 5 rings (SSSR count). The van der Waals surface area contributed by atoms with Gasteiger partial charge in [-0.3, -0.25) is 0 Å². The van der Waals surface area contributed by atoms with Crippen molar-refractivity contribution in [1.29, 1.82) is 0 Å². The summed E-state index contributed by atoms with van der Waals surface area (Å²) >= 11 is 6.22.